The molecule has 2 amide bonds. The van der Waals surface area contributed by atoms with Gasteiger partial charge in [-0.1, -0.05) is 6.07 Å². The van der Waals surface area contributed by atoms with Gasteiger partial charge in [0.25, 0.3) is 11.8 Å². The molecule has 3 N–H and O–H groups in total. The first-order valence-electron chi connectivity index (χ1n) is 7.73. The molecule has 0 atom stereocenters. The molecule has 0 unspecified atom stereocenters. The van der Waals surface area contributed by atoms with Crippen molar-refractivity contribution in [3.05, 3.63) is 52.3 Å². The zero-order valence-corrected chi connectivity index (χ0v) is 14.8. The summed E-state index contributed by atoms with van der Waals surface area (Å²) >= 11 is 3.21. The lowest BCUT2D eigenvalue weighted by Crippen LogP contribution is -2.25. The number of carbonyl (C=O) groups is 3. The summed E-state index contributed by atoms with van der Waals surface area (Å²) in [6.07, 6.45) is 3.60. The van der Waals surface area contributed by atoms with E-state index in [0.29, 0.717) is 15.7 Å². The van der Waals surface area contributed by atoms with Gasteiger partial charge in [0.1, 0.15) is 5.69 Å². The van der Waals surface area contributed by atoms with E-state index >= 15 is 0 Å². The van der Waals surface area contributed by atoms with Crippen LogP contribution in [0.1, 0.15) is 33.7 Å². The Bertz CT molecular complexity index is 814. The topological polar surface area (TPSA) is 100 Å². The van der Waals surface area contributed by atoms with Crippen LogP contribution in [-0.4, -0.2) is 35.4 Å². The molecule has 0 bridgehead atoms. The fraction of sp³-hybridized carbons (Fsp3) is 0.235. The van der Waals surface area contributed by atoms with Gasteiger partial charge in [0.05, 0.1) is 0 Å². The van der Waals surface area contributed by atoms with Crippen LogP contribution in [0.5, 0.6) is 0 Å². The molecule has 1 aromatic carbocycles. The van der Waals surface area contributed by atoms with Crippen molar-refractivity contribution in [3.63, 3.8) is 0 Å². The van der Waals surface area contributed by atoms with E-state index in [9.17, 15) is 14.4 Å². The average molecular weight is 406 g/mol. The van der Waals surface area contributed by atoms with Gasteiger partial charge in [-0.2, -0.15) is 0 Å². The molecule has 3 rings (SSSR count). The normalized spacial score (nSPS) is 13.2. The van der Waals surface area contributed by atoms with E-state index in [1.54, 1.807) is 36.5 Å². The molecule has 25 heavy (non-hydrogen) atoms. The third-order valence-corrected chi connectivity index (χ3v) is 3.98. The van der Waals surface area contributed by atoms with Crippen LogP contribution in [0.4, 0.5) is 5.69 Å². The van der Waals surface area contributed by atoms with Crippen LogP contribution in [0.15, 0.2) is 41.0 Å². The van der Waals surface area contributed by atoms with Gasteiger partial charge in [-0.05, 0) is 53.0 Å². The van der Waals surface area contributed by atoms with E-state index in [4.69, 9.17) is 4.74 Å². The Balaban J connectivity index is 1.52. The van der Waals surface area contributed by atoms with Crippen molar-refractivity contribution >= 4 is 39.4 Å². The van der Waals surface area contributed by atoms with Crippen LogP contribution in [-0.2, 0) is 9.53 Å². The zero-order valence-electron chi connectivity index (χ0n) is 13.2. The number of nitrogens with one attached hydrogen (secondary N) is 3. The van der Waals surface area contributed by atoms with Crippen LogP contribution in [0.25, 0.3) is 0 Å². The Kier molecular flexibility index (Phi) is 5.18. The van der Waals surface area contributed by atoms with E-state index in [2.05, 4.69) is 31.5 Å². The molecule has 1 fully saturated rings. The zero-order chi connectivity index (χ0) is 17.8. The molecule has 0 saturated heterocycles. The molecule has 1 aliphatic carbocycles. The van der Waals surface area contributed by atoms with E-state index in [0.717, 1.165) is 12.8 Å². The van der Waals surface area contributed by atoms with Crippen molar-refractivity contribution in [2.24, 2.45) is 0 Å². The van der Waals surface area contributed by atoms with Crippen LogP contribution >= 0.6 is 15.9 Å². The van der Waals surface area contributed by atoms with Crippen LogP contribution in [0.2, 0.25) is 0 Å². The Labute approximate surface area is 152 Å². The summed E-state index contributed by atoms with van der Waals surface area (Å²) in [5.74, 6) is -1.28. The smallest absolute Gasteiger partial charge is 0.355 e. The second kappa shape index (κ2) is 7.52. The van der Waals surface area contributed by atoms with Gasteiger partial charge in [-0.3, -0.25) is 9.59 Å². The Hall–Kier alpha value is -2.61. The van der Waals surface area contributed by atoms with Crippen LogP contribution in [0.3, 0.4) is 0 Å². The van der Waals surface area contributed by atoms with Gasteiger partial charge in [0, 0.05) is 28.0 Å². The first-order valence-corrected chi connectivity index (χ1v) is 8.52. The maximum Gasteiger partial charge on any atom is 0.355 e. The number of anilines is 1. The maximum atomic E-state index is 12.0. The van der Waals surface area contributed by atoms with Crippen molar-refractivity contribution in [2.75, 3.05) is 11.9 Å². The summed E-state index contributed by atoms with van der Waals surface area (Å²) in [6, 6.07) is 8.42. The highest BCUT2D eigenvalue weighted by Crippen LogP contribution is 2.20. The minimum Gasteiger partial charge on any atom is -0.451 e. The second-order valence-electron chi connectivity index (χ2n) is 5.68. The molecule has 1 aliphatic rings. The Morgan fingerprint density at radius 3 is 2.72 bits per heavy atom. The van der Waals surface area contributed by atoms with E-state index in [-0.39, 0.29) is 17.6 Å². The average Bonchev–Trinajstić information content (AvgIpc) is 3.30. The fourth-order valence-electron chi connectivity index (χ4n) is 2.13. The molecule has 8 heteroatoms. The lowest BCUT2D eigenvalue weighted by Gasteiger charge is -2.08. The molecule has 0 spiro atoms. The minimum absolute atomic E-state index is 0.164. The molecule has 1 aromatic heterocycles. The number of benzene rings is 1. The van der Waals surface area contributed by atoms with Crippen molar-refractivity contribution < 1.29 is 19.1 Å². The molecule has 1 saturated carbocycles. The summed E-state index contributed by atoms with van der Waals surface area (Å²) in [6.45, 7) is -0.423. The standard InChI is InChI=1S/C17H16BrN3O4/c18-11-7-14(19-8-11)17(24)25-9-15(22)20-13-3-1-2-10(6-13)16(23)21-12-4-5-12/h1-3,6-8,12,19H,4-5,9H2,(H,20,22)(H,21,23). The largest absolute Gasteiger partial charge is 0.451 e. The summed E-state index contributed by atoms with van der Waals surface area (Å²) < 4.78 is 5.64. The number of hydrogen-bond acceptors (Lipinski definition) is 4. The Morgan fingerprint density at radius 2 is 2.04 bits per heavy atom. The third-order valence-electron chi connectivity index (χ3n) is 3.52. The fourth-order valence-corrected chi connectivity index (χ4v) is 2.47. The lowest BCUT2D eigenvalue weighted by atomic mass is 10.2. The highest BCUT2D eigenvalue weighted by Gasteiger charge is 2.23. The Morgan fingerprint density at radius 1 is 1.24 bits per heavy atom. The van der Waals surface area contributed by atoms with Crippen molar-refractivity contribution in [2.45, 2.75) is 18.9 Å². The van der Waals surface area contributed by atoms with Gasteiger partial charge < -0.3 is 20.4 Å². The number of amides is 2. The number of esters is 1. The minimum atomic E-state index is -0.626. The molecule has 0 aliphatic heterocycles. The quantitative estimate of drug-likeness (QED) is 0.642. The van der Waals surface area contributed by atoms with E-state index in [1.165, 1.54) is 0 Å². The van der Waals surface area contributed by atoms with Gasteiger partial charge in [-0.25, -0.2) is 4.79 Å². The first kappa shape index (κ1) is 17.2. The number of aromatic nitrogens is 1. The number of H-pyrrole nitrogens is 1. The van der Waals surface area contributed by atoms with Crippen LogP contribution < -0.4 is 10.6 Å². The summed E-state index contributed by atoms with van der Waals surface area (Å²) in [7, 11) is 0. The molecular weight excluding hydrogens is 390 g/mol. The second-order valence-corrected chi connectivity index (χ2v) is 6.60. The third kappa shape index (κ3) is 4.93. The molecule has 1 heterocycles. The van der Waals surface area contributed by atoms with Gasteiger partial charge in [0.2, 0.25) is 0 Å². The van der Waals surface area contributed by atoms with Gasteiger partial charge in [0.15, 0.2) is 6.61 Å². The molecule has 130 valence electrons. The van der Waals surface area contributed by atoms with Gasteiger partial charge >= 0.3 is 5.97 Å². The number of rotatable bonds is 6. The number of hydrogen-bond donors (Lipinski definition) is 3. The molecule has 2 aromatic rings. The SMILES string of the molecule is O=C(COC(=O)c1cc(Br)c[nH]1)Nc1cccc(C(=O)NC2CC2)c1. The van der Waals surface area contributed by atoms with E-state index in [1.807, 2.05) is 0 Å². The first-order chi connectivity index (χ1) is 12.0. The molecule has 0 radical (unpaired) electrons. The summed E-state index contributed by atoms with van der Waals surface area (Å²) in [5, 5.41) is 5.49. The number of carbonyl (C=O) groups excluding carboxylic acids is 3. The highest BCUT2D eigenvalue weighted by atomic mass is 79.9. The summed E-state index contributed by atoms with van der Waals surface area (Å²) in [4.78, 5) is 38.4. The lowest BCUT2D eigenvalue weighted by molar-refractivity contribution is -0.119. The van der Waals surface area contributed by atoms with Gasteiger partial charge in [-0.15, -0.1) is 0 Å². The number of ether oxygens (including phenoxy) is 1. The number of halogens is 1. The highest BCUT2D eigenvalue weighted by molar-refractivity contribution is 9.10. The number of aromatic amines is 1. The molecular formula is C17H16BrN3O4. The monoisotopic (exact) mass is 405 g/mol. The predicted molar refractivity (Wildman–Crippen MR) is 94.3 cm³/mol. The maximum absolute atomic E-state index is 12.0. The van der Waals surface area contributed by atoms with Crippen molar-refractivity contribution in [1.29, 1.82) is 0 Å². The molecule has 7 nitrogen and oxygen atoms in total. The van der Waals surface area contributed by atoms with Crippen molar-refractivity contribution in [3.8, 4) is 0 Å². The van der Waals surface area contributed by atoms with E-state index < -0.39 is 18.5 Å². The predicted octanol–water partition coefficient (Wildman–Crippen LogP) is 2.46. The van der Waals surface area contributed by atoms with Crippen molar-refractivity contribution in [1.82, 2.24) is 10.3 Å². The summed E-state index contributed by atoms with van der Waals surface area (Å²) in [5.41, 5.74) is 1.18. The van der Waals surface area contributed by atoms with Crippen LogP contribution in [0, 0.1) is 0 Å².